The van der Waals surface area contributed by atoms with Crippen LogP contribution in [-0.4, -0.2) is 29.1 Å². The molecule has 1 aliphatic rings. The van der Waals surface area contributed by atoms with Crippen molar-refractivity contribution in [2.45, 2.75) is 18.9 Å². The van der Waals surface area contributed by atoms with E-state index in [4.69, 9.17) is 10.2 Å². The van der Waals surface area contributed by atoms with E-state index in [1.807, 2.05) is 6.07 Å². The van der Waals surface area contributed by atoms with Gasteiger partial charge < -0.3 is 15.1 Å². The van der Waals surface area contributed by atoms with Gasteiger partial charge in [-0.15, -0.1) is 0 Å². The molecule has 3 heterocycles. The number of benzene rings is 1. The molecule has 118 valence electrons. The first kappa shape index (κ1) is 14.1. The van der Waals surface area contributed by atoms with Gasteiger partial charge in [0.1, 0.15) is 5.82 Å². The van der Waals surface area contributed by atoms with Crippen LogP contribution in [-0.2, 0) is 0 Å². The second-order valence-electron chi connectivity index (χ2n) is 5.83. The predicted octanol–water partition coefficient (Wildman–Crippen LogP) is 2.96. The highest BCUT2D eigenvalue weighted by atomic mass is 19.1. The van der Waals surface area contributed by atoms with E-state index in [1.54, 1.807) is 24.4 Å². The lowest BCUT2D eigenvalue weighted by atomic mass is 10.1. The van der Waals surface area contributed by atoms with Crippen molar-refractivity contribution in [2.75, 3.05) is 18.0 Å². The smallest absolute Gasteiger partial charge is 0.197 e. The number of halogens is 1. The van der Waals surface area contributed by atoms with E-state index in [2.05, 4.69) is 14.9 Å². The molecule has 0 bridgehead atoms. The van der Waals surface area contributed by atoms with E-state index in [1.165, 1.54) is 6.07 Å². The first-order valence-electron chi connectivity index (χ1n) is 7.73. The van der Waals surface area contributed by atoms with Crippen LogP contribution < -0.4 is 10.6 Å². The molecule has 0 aliphatic carbocycles. The molecule has 4 rings (SSSR count). The Morgan fingerprint density at radius 3 is 2.83 bits per heavy atom. The monoisotopic (exact) mass is 312 g/mol. The van der Waals surface area contributed by atoms with E-state index >= 15 is 0 Å². The Kier molecular flexibility index (Phi) is 3.46. The van der Waals surface area contributed by atoms with E-state index in [0.29, 0.717) is 17.0 Å². The molecule has 3 aromatic rings. The maximum atomic E-state index is 13.8. The minimum atomic E-state index is -0.380. The van der Waals surface area contributed by atoms with Gasteiger partial charge in [0, 0.05) is 30.7 Å². The number of anilines is 1. The van der Waals surface area contributed by atoms with E-state index < -0.39 is 0 Å². The molecule has 0 amide bonds. The highest BCUT2D eigenvalue weighted by Gasteiger charge is 2.19. The molecule has 23 heavy (non-hydrogen) atoms. The molecule has 0 radical (unpaired) electrons. The molecule has 0 unspecified atom stereocenters. The largest absolute Gasteiger partial charge is 0.450 e. The van der Waals surface area contributed by atoms with Crippen LogP contribution in [0.2, 0.25) is 0 Å². The number of nitrogens with two attached hydrogens (primary N) is 1. The topological polar surface area (TPSA) is 68.2 Å². The molecule has 1 saturated heterocycles. The van der Waals surface area contributed by atoms with Gasteiger partial charge in [-0.3, -0.25) is 0 Å². The lowest BCUT2D eigenvalue weighted by molar-refractivity contribution is 0.498. The van der Waals surface area contributed by atoms with Crippen molar-refractivity contribution < 1.29 is 8.81 Å². The van der Waals surface area contributed by atoms with Gasteiger partial charge in [-0.2, -0.15) is 0 Å². The van der Waals surface area contributed by atoms with Crippen molar-refractivity contribution in [3.8, 4) is 11.6 Å². The molecular formula is C17H17FN4O. The average molecular weight is 312 g/mol. The van der Waals surface area contributed by atoms with Crippen molar-refractivity contribution in [2.24, 2.45) is 5.73 Å². The SMILES string of the molecule is NC1CCN(c2ccnc(-c3cc4cccc(F)c4o3)n2)CC1. The Bertz CT molecular complexity index is 839. The van der Waals surface area contributed by atoms with Crippen LogP contribution in [0.25, 0.3) is 22.6 Å². The van der Waals surface area contributed by atoms with Gasteiger partial charge >= 0.3 is 0 Å². The first-order chi connectivity index (χ1) is 11.2. The van der Waals surface area contributed by atoms with Gasteiger partial charge in [0.05, 0.1) is 0 Å². The van der Waals surface area contributed by atoms with Crippen LogP contribution >= 0.6 is 0 Å². The quantitative estimate of drug-likeness (QED) is 0.788. The zero-order valence-electron chi connectivity index (χ0n) is 12.6. The number of piperidine rings is 1. The number of nitrogens with zero attached hydrogens (tertiary/aromatic N) is 3. The summed E-state index contributed by atoms with van der Waals surface area (Å²) in [5, 5.41) is 0.706. The molecule has 1 aliphatic heterocycles. The number of aromatic nitrogens is 2. The third-order valence-corrected chi connectivity index (χ3v) is 4.22. The maximum Gasteiger partial charge on any atom is 0.197 e. The highest BCUT2D eigenvalue weighted by Crippen LogP contribution is 2.28. The summed E-state index contributed by atoms with van der Waals surface area (Å²) in [6.45, 7) is 1.76. The summed E-state index contributed by atoms with van der Waals surface area (Å²) in [5.74, 6) is 1.41. The van der Waals surface area contributed by atoms with Crippen LogP contribution in [0.3, 0.4) is 0 Å². The Labute approximate surface area is 132 Å². The van der Waals surface area contributed by atoms with Gasteiger partial charge in [0.25, 0.3) is 0 Å². The summed E-state index contributed by atoms with van der Waals surface area (Å²) < 4.78 is 19.4. The van der Waals surface area contributed by atoms with Gasteiger partial charge in [-0.1, -0.05) is 12.1 Å². The first-order valence-corrected chi connectivity index (χ1v) is 7.73. The zero-order chi connectivity index (χ0) is 15.8. The lowest BCUT2D eigenvalue weighted by Crippen LogP contribution is -2.40. The third-order valence-electron chi connectivity index (χ3n) is 4.22. The average Bonchev–Trinajstić information content (AvgIpc) is 3.01. The maximum absolute atomic E-state index is 13.8. The number of fused-ring (bicyclic) bond motifs is 1. The van der Waals surface area contributed by atoms with Gasteiger partial charge in [0.2, 0.25) is 0 Å². The predicted molar refractivity (Wildman–Crippen MR) is 86.6 cm³/mol. The highest BCUT2D eigenvalue weighted by molar-refractivity contribution is 5.82. The van der Waals surface area contributed by atoms with Crippen LogP contribution in [0.5, 0.6) is 0 Å². The molecular weight excluding hydrogens is 295 g/mol. The van der Waals surface area contributed by atoms with Gasteiger partial charge in [-0.25, -0.2) is 14.4 Å². The number of rotatable bonds is 2. The van der Waals surface area contributed by atoms with Crippen molar-refractivity contribution in [3.05, 3.63) is 42.3 Å². The minimum Gasteiger partial charge on any atom is -0.450 e. The molecule has 0 spiro atoms. The van der Waals surface area contributed by atoms with Crippen LogP contribution in [0.1, 0.15) is 12.8 Å². The van der Waals surface area contributed by atoms with E-state index in [0.717, 1.165) is 31.7 Å². The fourth-order valence-corrected chi connectivity index (χ4v) is 2.91. The fraction of sp³-hybridized carbons (Fsp3) is 0.294. The molecule has 0 saturated carbocycles. The number of para-hydroxylation sites is 1. The molecule has 1 aromatic carbocycles. The van der Waals surface area contributed by atoms with Crippen molar-refractivity contribution >= 4 is 16.8 Å². The Morgan fingerprint density at radius 2 is 2.04 bits per heavy atom. The minimum absolute atomic E-state index is 0.237. The van der Waals surface area contributed by atoms with E-state index in [-0.39, 0.29) is 17.4 Å². The molecule has 2 aromatic heterocycles. The summed E-state index contributed by atoms with van der Waals surface area (Å²) >= 11 is 0. The van der Waals surface area contributed by atoms with Crippen LogP contribution in [0, 0.1) is 5.82 Å². The standard InChI is InChI=1S/C17H17FN4O/c18-13-3-1-2-11-10-14(23-16(11)13)17-20-7-4-15(21-17)22-8-5-12(19)6-9-22/h1-4,7,10,12H,5-6,8-9,19H2. The molecule has 2 N–H and O–H groups in total. The van der Waals surface area contributed by atoms with Crippen LogP contribution in [0.15, 0.2) is 40.9 Å². The summed E-state index contributed by atoms with van der Waals surface area (Å²) in [6.07, 6.45) is 3.61. The summed E-state index contributed by atoms with van der Waals surface area (Å²) in [6, 6.07) is 8.76. The fourth-order valence-electron chi connectivity index (χ4n) is 2.91. The number of hydrogen-bond acceptors (Lipinski definition) is 5. The van der Waals surface area contributed by atoms with Gasteiger partial charge in [-0.05, 0) is 31.0 Å². The van der Waals surface area contributed by atoms with Crippen LogP contribution in [0.4, 0.5) is 10.2 Å². The normalized spacial score (nSPS) is 16.2. The lowest BCUT2D eigenvalue weighted by Gasteiger charge is -2.31. The molecule has 6 heteroatoms. The number of furan rings is 1. The molecule has 5 nitrogen and oxygen atoms in total. The second-order valence-corrected chi connectivity index (χ2v) is 5.83. The van der Waals surface area contributed by atoms with E-state index in [9.17, 15) is 4.39 Å². The summed E-state index contributed by atoms with van der Waals surface area (Å²) in [7, 11) is 0. The number of hydrogen-bond donors (Lipinski definition) is 1. The molecule has 0 atom stereocenters. The third kappa shape index (κ3) is 2.66. The van der Waals surface area contributed by atoms with Crippen molar-refractivity contribution in [1.82, 2.24) is 9.97 Å². The Balaban J connectivity index is 1.68. The second kappa shape index (κ2) is 5.62. The Hall–Kier alpha value is -2.47. The van der Waals surface area contributed by atoms with Gasteiger partial charge in [0.15, 0.2) is 23.0 Å². The summed E-state index contributed by atoms with van der Waals surface area (Å²) in [4.78, 5) is 11.0. The van der Waals surface area contributed by atoms with Crippen molar-refractivity contribution in [3.63, 3.8) is 0 Å². The zero-order valence-corrected chi connectivity index (χ0v) is 12.6. The Morgan fingerprint density at radius 1 is 1.22 bits per heavy atom. The summed E-state index contributed by atoms with van der Waals surface area (Å²) in [5.41, 5.74) is 6.18. The van der Waals surface area contributed by atoms with Crippen molar-refractivity contribution in [1.29, 1.82) is 0 Å². The molecule has 1 fully saturated rings.